The monoisotopic (exact) mass is 434 g/mol. The summed E-state index contributed by atoms with van der Waals surface area (Å²) >= 11 is 1.45. The number of benzene rings is 2. The minimum atomic E-state index is -0.162. The molecule has 0 aliphatic heterocycles. The van der Waals surface area contributed by atoms with Crippen LogP contribution in [-0.2, 0) is 0 Å². The fourth-order valence-corrected chi connectivity index (χ4v) is 4.39. The van der Waals surface area contributed by atoms with Gasteiger partial charge < -0.3 is 4.52 Å². The van der Waals surface area contributed by atoms with Gasteiger partial charge in [0.2, 0.25) is 5.89 Å². The molecule has 31 heavy (non-hydrogen) atoms. The molecule has 0 radical (unpaired) electrons. The van der Waals surface area contributed by atoms with E-state index in [0.29, 0.717) is 27.8 Å². The number of hydrogen-bond donors (Lipinski definition) is 0. The summed E-state index contributed by atoms with van der Waals surface area (Å²) in [7, 11) is 0. The summed E-state index contributed by atoms with van der Waals surface area (Å²) in [6, 6.07) is 15.4. The molecule has 0 saturated carbocycles. The third-order valence-corrected chi connectivity index (χ3v) is 6.19. The minimum Gasteiger partial charge on any atom is -0.338 e. The molecule has 4 rings (SSSR count). The van der Waals surface area contributed by atoms with E-state index in [1.807, 2.05) is 63.2 Å². The Bertz CT molecular complexity index is 1280. The smallest absolute Gasteiger partial charge is 0.266 e. The summed E-state index contributed by atoms with van der Waals surface area (Å²) in [5, 5.41) is 5.11. The van der Waals surface area contributed by atoms with Crippen LogP contribution in [0.4, 0.5) is 0 Å². The summed E-state index contributed by atoms with van der Waals surface area (Å²) in [5.41, 5.74) is 2.54. The van der Waals surface area contributed by atoms with Gasteiger partial charge in [0.05, 0.1) is 21.8 Å². The average Bonchev–Trinajstić information content (AvgIpc) is 3.25. The molecule has 1 unspecified atom stereocenters. The van der Waals surface area contributed by atoms with Gasteiger partial charge in [-0.3, -0.25) is 9.36 Å². The summed E-state index contributed by atoms with van der Waals surface area (Å²) in [5.74, 6) is 1.65. The van der Waals surface area contributed by atoms with Crippen molar-refractivity contribution in [1.29, 1.82) is 0 Å². The van der Waals surface area contributed by atoms with Crippen molar-refractivity contribution in [3.63, 3.8) is 0 Å². The maximum absolute atomic E-state index is 13.6. The number of nitrogens with zero attached hydrogens (tertiary/aromatic N) is 4. The quantitative estimate of drug-likeness (QED) is 0.279. The molecule has 0 aliphatic rings. The first-order valence-corrected chi connectivity index (χ1v) is 11.4. The lowest BCUT2D eigenvalue weighted by Crippen LogP contribution is -2.23. The second-order valence-electron chi connectivity index (χ2n) is 8.17. The molecule has 0 aliphatic carbocycles. The van der Waals surface area contributed by atoms with Gasteiger partial charge in [-0.25, -0.2) is 4.98 Å². The molecule has 4 aromatic rings. The van der Waals surface area contributed by atoms with Crippen molar-refractivity contribution in [2.45, 2.75) is 56.9 Å². The van der Waals surface area contributed by atoms with Crippen LogP contribution in [0.25, 0.3) is 16.6 Å². The van der Waals surface area contributed by atoms with Gasteiger partial charge in [0.25, 0.3) is 5.56 Å². The van der Waals surface area contributed by atoms with Crippen LogP contribution < -0.4 is 5.56 Å². The van der Waals surface area contributed by atoms with Gasteiger partial charge in [0.15, 0.2) is 11.0 Å². The van der Waals surface area contributed by atoms with E-state index in [2.05, 4.69) is 30.1 Å². The highest BCUT2D eigenvalue weighted by Gasteiger charge is 2.22. The molecule has 0 fully saturated rings. The molecule has 0 amide bonds. The van der Waals surface area contributed by atoms with Crippen molar-refractivity contribution < 1.29 is 4.52 Å². The second kappa shape index (κ2) is 8.67. The zero-order chi connectivity index (χ0) is 22.1. The highest BCUT2D eigenvalue weighted by atomic mass is 32.2. The van der Waals surface area contributed by atoms with Crippen LogP contribution in [0.15, 0.2) is 63.0 Å². The molecule has 6 nitrogen and oxygen atoms in total. The van der Waals surface area contributed by atoms with E-state index < -0.39 is 0 Å². The van der Waals surface area contributed by atoms with E-state index in [1.54, 1.807) is 4.57 Å². The highest BCUT2D eigenvalue weighted by Crippen LogP contribution is 2.35. The lowest BCUT2D eigenvalue weighted by molar-refractivity contribution is 0.373. The summed E-state index contributed by atoms with van der Waals surface area (Å²) < 4.78 is 7.21. The van der Waals surface area contributed by atoms with Gasteiger partial charge in [-0.15, -0.1) is 0 Å². The highest BCUT2D eigenvalue weighted by molar-refractivity contribution is 7.99. The van der Waals surface area contributed by atoms with Crippen molar-refractivity contribution in [2.24, 2.45) is 0 Å². The van der Waals surface area contributed by atoms with Gasteiger partial charge >= 0.3 is 0 Å². The molecular formula is C24H26N4O2S. The van der Waals surface area contributed by atoms with E-state index in [4.69, 9.17) is 9.51 Å². The van der Waals surface area contributed by atoms with Crippen LogP contribution in [0.1, 0.15) is 69.0 Å². The van der Waals surface area contributed by atoms with Gasteiger partial charge in [0, 0.05) is 5.92 Å². The Balaban J connectivity index is 1.88. The first kappa shape index (κ1) is 21.3. The van der Waals surface area contributed by atoms with E-state index in [9.17, 15) is 4.79 Å². The SMILES string of the molecule is CC(C)c1noc(C(C)Sc2nc3ccccc3c(=O)n2-c2ccccc2C(C)C)n1. The van der Waals surface area contributed by atoms with Crippen LogP contribution in [0, 0.1) is 0 Å². The summed E-state index contributed by atoms with van der Waals surface area (Å²) in [6.07, 6.45) is 0. The number of rotatable bonds is 6. The van der Waals surface area contributed by atoms with Crippen LogP contribution in [0.3, 0.4) is 0 Å². The van der Waals surface area contributed by atoms with E-state index in [1.165, 1.54) is 11.8 Å². The van der Waals surface area contributed by atoms with Gasteiger partial charge in [-0.1, -0.05) is 74.9 Å². The Kier molecular flexibility index (Phi) is 5.96. The number of hydrogen-bond acceptors (Lipinski definition) is 6. The predicted molar refractivity (Wildman–Crippen MR) is 124 cm³/mol. The largest absolute Gasteiger partial charge is 0.338 e. The van der Waals surface area contributed by atoms with Crippen molar-refractivity contribution in [2.75, 3.05) is 0 Å². The first-order valence-electron chi connectivity index (χ1n) is 10.5. The minimum absolute atomic E-state index is 0.0817. The average molecular weight is 435 g/mol. The van der Waals surface area contributed by atoms with E-state index >= 15 is 0 Å². The molecule has 2 aromatic heterocycles. The predicted octanol–water partition coefficient (Wildman–Crippen LogP) is 5.87. The number of aromatic nitrogens is 4. The fourth-order valence-electron chi connectivity index (χ4n) is 3.44. The lowest BCUT2D eigenvalue weighted by atomic mass is 10.0. The van der Waals surface area contributed by atoms with Crippen molar-refractivity contribution in [1.82, 2.24) is 19.7 Å². The maximum atomic E-state index is 13.6. The summed E-state index contributed by atoms with van der Waals surface area (Å²) in [4.78, 5) is 23.0. The number of para-hydroxylation sites is 2. The maximum Gasteiger partial charge on any atom is 0.266 e. The first-order chi connectivity index (χ1) is 14.9. The second-order valence-corrected chi connectivity index (χ2v) is 9.48. The number of fused-ring (bicyclic) bond motifs is 1. The standard InChI is InChI=1S/C24H26N4O2S/c1-14(2)17-10-7-9-13-20(17)28-23(29)18-11-6-8-12-19(18)25-24(28)31-16(5)22-26-21(15(3)4)27-30-22/h6-16H,1-5H3. The third kappa shape index (κ3) is 4.14. The van der Waals surface area contributed by atoms with E-state index in [0.717, 1.165) is 11.3 Å². The van der Waals surface area contributed by atoms with E-state index in [-0.39, 0.29) is 22.6 Å². The molecule has 0 spiro atoms. The Morgan fingerprint density at radius 1 is 0.903 bits per heavy atom. The Labute approximate surface area is 185 Å². The van der Waals surface area contributed by atoms with Crippen molar-refractivity contribution in [3.05, 3.63) is 76.2 Å². The molecule has 7 heteroatoms. The Morgan fingerprint density at radius 3 is 2.32 bits per heavy atom. The zero-order valence-corrected chi connectivity index (χ0v) is 19.2. The molecule has 160 valence electrons. The van der Waals surface area contributed by atoms with Crippen molar-refractivity contribution >= 4 is 22.7 Å². The van der Waals surface area contributed by atoms with Gasteiger partial charge in [-0.05, 0) is 36.6 Å². The van der Waals surface area contributed by atoms with Crippen molar-refractivity contribution in [3.8, 4) is 5.69 Å². The lowest BCUT2D eigenvalue weighted by Gasteiger charge is -2.19. The normalized spacial score (nSPS) is 12.7. The fraction of sp³-hybridized carbons (Fsp3) is 0.333. The van der Waals surface area contributed by atoms with Crippen LogP contribution >= 0.6 is 11.8 Å². The van der Waals surface area contributed by atoms with Crippen LogP contribution in [0.5, 0.6) is 0 Å². The molecule has 2 heterocycles. The molecular weight excluding hydrogens is 408 g/mol. The molecule has 0 saturated heterocycles. The topological polar surface area (TPSA) is 73.8 Å². The summed E-state index contributed by atoms with van der Waals surface area (Å²) in [6.45, 7) is 10.3. The van der Waals surface area contributed by atoms with Gasteiger partial charge in [-0.2, -0.15) is 4.98 Å². The Hall–Kier alpha value is -2.93. The molecule has 0 bridgehead atoms. The third-order valence-electron chi connectivity index (χ3n) is 5.15. The van der Waals surface area contributed by atoms with Gasteiger partial charge in [0.1, 0.15) is 0 Å². The molecule has 0 N–H and O–H groups in total. The van der Waals surface area contributed by atoms with Crippen LogP contribution in [-0.4, -0.2) is 19.7 Å². The Morgan fingerprint density at radius 2 is 1.61 bits per heavy atom. The molecule has 1 atom stereocenters. The molecule has 2 aromatic carbocycles. The number of thioether (sulfide) groups is 1. The zero-order valence-electron chi connectivity index (χ0n) is 18.4. The van der Waals surface area contributed by atoms with Crippen LogP contribution in [0.2, 0.25) is 0 Å².